The summed E-state index contributed by atoms with van der Waals surface area (Å²) < 4.78 is 1.91. The first-order valence-electron chi connectivity index (χ1n) is 5.10. The van der Waals surface area contributed by atoms with Crippen LogP contribution in [0.25, 0.3) is 0 Å². The van der Waals surface area contributed by atoms with E-state index in [-0.39, 0.29) is 0 Å². The first kappa shape index (κ1) is 9.24. The molecule has 0 saturated carbocycles. The molecule has 1 aliphatic rings. The van der Waals surface area contributed by atoms with Gasteiger partial charge in [0.05, 0.1) is 5.84 Å². The minimum Gasteiger partial charge on any atom is -0.373 e. The average molecular weight is 192 g/mol. The molecular weight excluding hydrogens is 176 g/mol. The molecule has 0 spiro atoms. The molecule has 0 aromatic carbocycles. The number of rotatable bonds is 3. The van der Waals surface area contributed by atoms with Gasteiger partial charge in [-0.25, -0.2) is 0 Å². The lowest BCUT2D eigenvalue weighted by Gasteiger charge is -2.05. The van der Waals surface area contributed by atoms with Crippen molar-refractivity contribution >= 4 is 5.84 Å². The van der Waals surface area contributed by atoms with Gasteiger partial charge in [0.2, 0.25) is 0 Å². The highest BCUT2D eigenvalue weighted by atomic mass is 15.3. The van der Waals surface area contributed by atoms with Gasteiger partial charge in [-0.3, -0.25) is 9.67 Å². The van der Waals surface area contributed by atoms with Crippen LogP contribution in [0, 0.1) is 0 Å². The SMILES string of the molecule is Cn1nccc1CCNC1=NCCC1. The average Bonchev–Trinajstić information content (AvgIpc) is 2.78. The lowest BCUT2D eigenvalue weighted by Crippen LogP contribution is -2.24. The summed E-state index contributed by atoms with van der Waals surface area (Å²) in [5.41, 5.74) is 1.26. The largest absolute Gasteiger partial charge is 0.373 e. The predicted molar refractivity (Wildman–Crippen MR) is 56.5 cm³/mol. The van der Waals surface area contributed by atoms with Gasteiger partial charge in [-0.15, -0.1) is 0 Å². The van der Waals surface area contributed by atoms with Crippen molar-refractivity contribution in [3.05, 3.63) is 18.0 Å². The van der Waals surface area contributed by atoms with Gasteiger partial charge in [-0.1, -0.05) is 0 Å². The van der Waals surface area contributed by atoms with E-state index in [0.29, 0.717) is 0 Å². The van der Waals surface area contributed by atoms with E-state index in [2.05, 4.69) is 21.5 Å². The van der Waals surface area contributed by atoms with Crippen LogP contribution in [-0.4, -0.2) is 28.7 Å². The molecule has 4 heteroatoms. The lowest BCUT2D eigenvalue weighted by molar-refractivity contribution is 0.694. The third kappa shape index (κ3) is 2.13. The van der Waals surface area contributed by atoms with Gasteiger partial charge in [-0.05, 0) is 12.5 Å². The molecule has 0 atom stereocenters. The number of amidine groups is 1. The van der Waals surface area contributed by atoms with E-state index in [0.717, 1.165) is 25.9 Å². The molecule has 14 heavy (non-hydrogen) atoms. The molecule has 0 bridgehead atoms. The number of hydrogen-bond acceptors (Lipinski definition) is 3. The predicted octanol–water partition coefficient (Wildman–Crippen LogP) is 0.744. The van der Waals surface area contributed by atoms with Gasteiger partial charge in [0.25, 0.3) is 0 Å². The Labute approximate surface area is 84.0 Å². The van der Waals surface area contributed by atoms with Crippen LogP contribution in [0.3, 0.4) is 0 Å². The summed E-state index contributed by atoms with van der Waals surface area (Å²) >= 11 is 0. The van der Waals surface area contributed by atoms with Gasteiger partial charge < -0.3 is 5.32 Å². The molecule has 0 unspecified atom stereocenters. The lowest BCUT2D eigenvalue weighted by atomic mass is 10.3. The van der Waals surface area contributed by atoms with E-state index in [4.69, 9.17) is 0 Å². The molecule has 0 radical (unpaired) electrons. The number of nitrogens with zero attached hydrogens (tertiary/aromatic N) is 3. The highest BCUT2D eigenvalue weighted by Gasteiger charge is 2.05. The zero-order valence-corrected chi connectivity index (χ0v) is 8.53. The Kier molecular flexibility index (Phi) is 2.81. The normalized spacial score (nSPS) is 15.6. The molecule has 1 aromatic rings. The molecule has 0 amide bonds. The van der Waals surface area contributed by atoms with Crippen molar-refractivity contribution < 1.29 is 0 Å². The second-order valence-electron chi connectivity index (χ2n) is 3.55. The minimum absolute atomic E-state index is 0.957. The van der Waals surface area contributed by atoms with Crippen molar-refractivity contribution in [3.63, 3.8) is 0 Å². The summed E-state index contributed by atoms with van der Waals surface area (Å²) in [6.07, 6.45) is 5.16. The Morgan fingerprint density at radius 2 is 2.50 bits per heavy atom. The van der Waals surface area contributed by atoms with Crippen molar-refractivity contribution in [1.82, 2.24) is 15.1 Å². The van der Waals surface area contributed by atoms with Gasteiger partial charge in [0.1, 0.15) is 0 Å². The fraction of sp³-hybridized carbons (Fsp3) is 0.600. The van der Waals surface area contributed by atoms with Crippen LogP contribution in [0.4, 0.5) is 0 Å². The maximum atomic E-state index is 4.36. The molecule has 1 aromatic heterocycles. The molecular formula is C10H16N4. The van der Waals surface area contributed by atoms with Crippen LogP contribution in [0.5, 0.6) is 0 Å². The number of nitrogens with one attached hydrogen (secondary N) is 1. The van der Waals surface area contributed by atoms with Gasteiger partial charge in [0.15, 0.2) is 0 Å². The zero-order chi connectivity index (χ0) is 9.80. The van der Waals surface area contributed by atoms with Crippen LogP contribution >= 0.6 is 0 Å². The molecule has 4 nitrogen and oxygen atoms in total. The van der Waals surface area contributed by atoms with Gasteiger partial charge in [0, 0.05) is 44.9 Å². The Bertz CT molecular complexity index is 327. The maximum absolute atomic E-state index is 4.36. The Hall–Kier alpha value is -1.32. The molecule has 2 rings (SSSR count). The van der Waals surface area contributed by atoms with Crippen LogP contribution in [0.1, 0.15) is 18.5 Å². The standard InChI is InChI=1S/C10H16N4/c1-14-9(5-8-13-14)4-7-12-10-3-2-6-11-10/h5,8H,2-4,6-7H2,1H3,(H,11,12). The number of aromatic nitrogens is 2. The fourth-order valence-electron chi connectivity index (χ4n) is 1.67. The highest BCUT2D eigenvalue weighted by Crippen LogP contribution is 2.01. The highest BCUT2D eigenvalue weighted by molar-refractivity contribution is 5.83. The second kappa shape index (κ2) is 4.26. The van der Waals surface area contributed by atoms with Crippen molar-refractivity contribution in [3.8, 4) is 0 Å². The molecule has 0 fully saturated rings. The summed E-state index contributed by atoms with van der Waals surface area (Å²) in [5, 5.41) is 7.48. The van der Waals surface area contributed by atoms with Gasteiger partial charge in [-0.2, -0.15) is 5.10 Å². The van der Waals surface area contributed by atoms with Crippen molar-refractivity contribution in [2.45, 2.75) is 19.3 Å². The van der Waals surface area contributed by atoms with E-state index in [1.54, 1.807) is 0 Å². The van der Waals surface area contributed by atoms with Crippen LogP contribution in [-0.2, 0) is 13.5 Å². The monoisotopic (exact) mass is 192 g/mol. The van der Waals surface area contributed by atoms with Crippen molar-refractivity contribution in [2.24, 2.45) is 12.0 Å². The van der Waals surface area contributed by atoms with E-state index >= 15 is 0 Å². The van der Waals surface area contributed by atoms with E-state index < -0.39 is 0 Å². The summed E-state index contributed by atoms with van der Waals surface area (Å²) in [5.74, 6) is 1.17. The zero-order valence-electron chi connectivity index (χ0n) is 8.53. The van der Waals surface area contributed by atoms with Crippen LogP contribution in [0.2, 0.25) is 0 Å². The molecule has 76 valence electrons. The third-order valence-electron chi connectivity index (χ3n) is 2.51. The Morgan fingerprint density at radius 3 is 3.14 bits per heavy atom. The first-order valence-corrected chi connectivity index (χ1v) is 5.10. The van der Waals surface area contributed by atoms with Crippen LogP contribution in [0.15, 0.2) is 17.3 Å². The second-order valence-corrected chi connectivity index (χ2v) is 3.55. The number of aliphatic imine (C=N–C) groups is 1. The van der Waals surface area contributed by atoms with Crippen molar-refractivity contribution in [2.75, 3.05) is 13.1 Å². The topological polar surface area (TPSA) is 42.2 Å². The molecule has 0 saturated heterocycles. The van der Waals surface area contributed by atoms with E-state index in [9.17, 15) is 0 Å². The van der Waals surface area contributed by atoms with Crippen molar-refractivity contribution in [1.29, 1.82) is 0 Å². The molecule has 2 heterocycles. The number of aryl methyl sites for hydroxylation is 1. The van der Waals surface area contributed by atoms with E-state index in [1.807, 2.05) is 17.9 Å². The smallest absolute Gasteiger partial charge is 0.0963 e. The maximum Gasteiger partial charge on any atom is 0.0963 e. The molecule has 0 aliphatic carbocycles. The Balaban J connectivity index is 1.75. The minimum atomic E-state index is 0.957. The first-order chi connectivity index (χ1) is 6.86. The summed E-state index contributed by atoms with van der Waals surface area (Å²) in [4.78, 5) is 4.36. The van der Waals surface area contributed by atoms with E-state index in [1.165, 1.54) is 18.0 Å². The molecule has 1 aliphatic heterocycles. The van der Waals surface area contributed by atoms with Gasteiger partial charge >= 0.3 is 0 Å². The van der Waals surface area contributed by atoms with Crippen LogP contribution < -0.4 is 5.32 Å². The quantitative estimate of drug-likeness (QED) is 0.767. The summed E-state index contributed by atoms with van der Waals surface area (Å²) in [7, 11) is 1.97. The Morgan fingerprint density at radius 1 is 1.57 bits per heavy atom. The third-order valence-corrected chi connectivity index (χ3v) is 2.51. The number of hydrogen-bond donors (Lipinski definition) is 1. The fourth-order valence-corrected chi connectivity index (χ4v) is 1.67. The summed E-state index contributed by atoms with van der Waals surface area (Å²) in [6, 6.07) is 2.05. The molecule has 1 N–H and O–H groups in total. The summed E-state index contributed by atoms with van der Waals surface area (Å²) in [6.45, 7) is 1.95.